The summed E-state index contributed by atoms with van der Waals surface area (Å²) in [5.41, 5.74) is -1.06. The number of rotatable bonds is 6. The van der Waals surface area contributed by atoms with E-state index < -0.39 is 44.0 Å². The van der Waals surface area contributed by atoms with Crippen molar-refractivity contribution in [3.63, 3.8) is 0 Å². The van der Waals surface area contributed by atoms with Crippen LogP contribution < -0.4 is 11.2 Å². The molecule has 2 heterocycles. The van der Waals surface area contributed by atoms with E-state index in [9.17, 15) is 14.4 Å². The molecule has 0 spiro atoms. The summed E-state index contributed by atoms with van der Waals surface area (Å²) in [5, 5.41) is 0.0220. The van der Waals surface area contributed by atoms with Crippen molar-refractivity contribution < 1.29 is 18.7 Å². The molecule has 1 N–H and O–H groups in total. The summed E-state index contributed by atoms with van der Waals surface area (Å²) < 4.78 is 18.9. The van der Waals surface area contributed by atoms with E-state index in [1.165, 1.54) is 16.8 Å². The van der Waals surface area contributed by atoms with Crippen LogP contribution in [0.1, 0.15) is 33.4 Å². The molecule has 9 heteroatoms. The van der Waals surface area contributed by atoms with Gasteiger partial charge in [-0.2, -0.15) is 0 Å². The van der Waals surface area contributed by atoms with Gasteiger partial charge in [0.2, 0.25) is 0 Å². The lowest BCUT2D eigenvalue weighted by Gasteiger charge is -2.37. The first-order valence-electron chi connectivity index (χ1n) is 8.88. The lowest BCUT2D eigenvalue weighted by molar-refractivity contribution is -0.146. The second-order valence-corrected chi connectivity index (χ2v) is 12.9. The van der Waals surface area contributed by atoms with Gasteiger partial charge in [-0.15, -0.1) is 0 Å². The molecule has 0 bridgehead atoms. The number of hydrogen-bond donors (Lipinski definition) is 1. The Morgan fingerprint density at radius 3 is 2.67 bits per heavy atom. The molecule has 1 fully saturated rings. The van der Waals surface area contributed by atoms with Gasteiger partial charge in [-0.3, -0.25) is 14.3 Å². The summed E-state index contributed by atoms with van der Waals surface area (Å²) >= 11 is 0. The smallest absolute Gasteiger partial charge is 0.330 e. The van der Waals surface area contributed by atoms with Crippen molar-refractivity contribution in [3.8, 4) is 0 Å². The van der Waals surface area contributed by atoms with Gasteiger partial charge < -0.3 is 13.9 Å². The van der Waals surface area contributed by atoms with Gasteiger partial charge >= 0.3 is 11.7 Å². The van der Waals surface area contributed by atoms with Crippen molar-refractivity contribution in [2.45, 2.75) is 63.8 Å². The number of nitrogens with one attached hydrogen (secondary N) is 1. The Bertz CT molecular complexity index is 807. The number of hydrogen-bond acceptors (Lipinski definition) is 6. The molecule has 150 valence electrons. The quantitative estimate of drug-likeness (QED) is 0.448. The molecule has 0 saturated carbocycles. The Morgan fingerprint density at radius 1 is 1.44 bits per heavy atom. The standard InChI is InChI=1S/C18H28N2O6Si/c1-7-16(22)26-12-10-15(20-9-8-14(21)19-17(20)23)25-13(12)11-24-27(5,6)18(2,3)4/h7-9,12-13,15H,1,10-11H2,2-6H3,(H,19,21,23)/t12-,13+,15+/m0/s1. The second-order valence-electron chi connectivity index (χ2n) is 8.13. The van der Waals surface area contributed by atoms with E-state index in [1.807, 2.05) is 0 Å². The number of esters is 1. The zero-order valence-corrected chi connectivity index (χ0v) is 17.5. The van der Waals surface area contributed by atoms with E-state index >= 15 is 0 Å². The van der Waals surface area contributed by atoms with Crippen LogP contribution in [0, 0.1) is 0 Å². The van der Waals surface area contributed by atoms with E-state index in [0.717, 1.165) is 6.08 Å². The summed E-state index contributed by atoms with van der Waals surface area (Å²) in [7, 11) is -2.03. The highest BCUT2D eigenvalue weighted by Crippen LogP contribution is 2.38. The Kier molecular flexibility index (Phi) is 6.28. The Hall–Kier alpha value is -1.97. The number of aromatic nitrogens is 2. The predicted octanol–water partition coefficient (Wildman–Crippen LogP) is 1.94. The molecule has 27 heavy (non-hydrogen) atoms. The summed E-state index contributed by atoms with van der Waals surface area (Å²) in [5.74, 6) is -0.560. The SMILES string of the molecule is C=CC(=O)O[C@H]1C[C@H](n2ccc(=O)[nH]c2=O)O[C@@H]1CO[Si](C)(C)C(C)(C)C. The lowest BCUT2D eigenvalue weighted by atomic mass is 10.2. The highest BCUT2D eigenvalue weighted by atomic mass is 28.4. The Morgan fingerprint density at radius 2 is 2.11 bits per heavy atom. The molecule has 0 aliphatic carbocycles. The fraction of sp³-hybridized carbons (Fsp3) is 0.611. The average molecular weight is 397 g/mol. The molecule has 8 nitrogen and oxygen atoms in total. The average Bonchev–Trinajstić information content (AvgIpc) is 2.94. The highest BCUT2D eigenvalue weighted by molar-refractivity contribution is 6.74. The van der Waals surface area contributed by atoms with E-state index in [2.05, 4.69) is 45.4 Å². The molecule has 0 radical (unpaired) electrons. The minimum Gasteiger partial charge on any atom is -0.456 e. The van der Waals surface area contributed by atoms with Gasteiger partial charge in [0.1, 0.15) is 18.4 Å². The van der Waals surface area contributed by atoms with Crippen molar-refractivity contribution in [1.29, 1.82) is 0 Å². The third-order valence-corrected chi connectivity index (χ3v) is 9.69. The third-order valence-electron chi connectivity index (χ3n) is 5.19. The van der Waals surface area contributed by atoms with E-state index in [1.54, 1.807) is 0 Å². The largest absolute Gasteiger partial charge is 0.456 e. The van der Waals surface area contributed by atoms with Crippen LogP contribution in [0.25, 0.3) is 0 Å². The van der Waals surface area contributed by atoms with Crippen molar-refractivity contribution in [2.24, 2.45) is 0 Å². The third kappa shape index (κ3) is 5.05. The molecule has 1 saturated heterocycles. The van der Waals surface area contributed by atoms with Gasteiger partial charge in [0.05, 0.1) is 6.61 Å². The minimum absolute atomic E-state index is 0.0220. The molecule has 3 atom stereocenters. The van der Waals surface area contributed by atoms with Crippen molar-refractivity contribution in [3.05, 3.63) is 45.8 Å². The molecule has 0 unspecified atom stereocenters. The number of carbonyl (C=O) groups excluding carboxylic acids is 1. The Balaban J connectivity index is 2.19. The maximum Gasteiger partial charge on any atom is 0.330 e. The lowest BCUT2D eigenvalue weighted by Crippen LogP contribution is -2.44. The highest BCUT2D eigenvalue weighted by Gasteiger charge is 2.43. The number of aromatic amines is 1. The van der Waals surface area contributed by atoms with Crippen LogP contribution in [0.2, 0.25) is 18.1 Å². The fourth-order valence-electron chi connectivity index (χ4n) is 2.50. The first-order chi connectivity index (χ1) is 12.4. The number of nitrogens with zero attached hydrogens (tertiary/aromatic N) is 1. The molecule has 1 aliphatic rings. The topological polar surface area (TPSA) is 99.6 Å². The summed E-state index contributed by atoms with van der Waals surface area (Å²) in [6.45, 7) is 14.3. The second kappa shape index (κ2) is 7.95. The first kappa shape index (κ1) is 21.3. The van der Waals surface area contributed by atoms with Crippen LogP contribution in [0.3, 0.4) is 0 Å². The van der Waals surface area contributed by atoms with Gasteiger partial charge in [-0.05, 0) is 18.1 Å². The molecule has 0 amide bonds. The van der Waals surface area contributed by atoms with Crippen LogP contribution in [0.15, 0.2) is 34.5 Å². The first-order valence-corrected chi connectivity index (χ1v) is 11.8. The zero-order chi connectivity index (χ0) is 20.4. The predicted molar refractivity (Wildman–Crippen MR) is 103 cm³/mol. The van der Waals surface area contributed by atoms with E-state index in [-0.39, 0.29) is 18.1 Å². The Labute approximate surface area is 159 Å². The maximum atomic E-state index is 12.0. The number of carbonyl (C=O) groups is 1. The fourth-order valence-corrected chi connectivity index (χ4v) is 3.52. The molecule has 1 aromatic heterocycles. The van der Waals surface area contributed by atoms with Crippen LogP contribution in [-0.4, -0.2) is 42.7 Å². The van der Waals surface area contributed by atoms with Gasteiger partial charge in [0.15, 0.2) is 8.32 Å². The van der Waals surface area contributed by atoms with Crippen LogP contribution in [-0.2, 0) is 18.7 Å². The normalized spacial score (nSPS) is 23.2. The van der Waals surface area contributed by atoms with Gasteiger partial charge in [0.25, 0.3) is 5.56 Å². The maximum absolute atomic E-state index is 12.0. The number of ether oxygens (including phenoxy) is 2. The van der Waals surface area contributed by atoms with Gasteiger partial charge in [-0.25, -0.2) is 9.59 Å². The van der Waals surface area contributed by atoms with Crippen LogP contribution in [0.4, 0.5) is 0 Å². The summed E-state index contributed by atoms with van der Waals surface area (Å²) in [4.78, 5) is 37.2. The van der Waals surface area contributed by atoms with Crippen LogP contribution in [0.5, 0.6) is 0 Å². The molecule has 1 aliphatic heterocycles. The van der Waals surface area contributed by atoms with E-state index in [4.69, 9.17) is 13.9 Å². The monoisotopic (exact) mass is 396 g/mol. The van der Waals surface area contributed by atoms with Gasteiger partial charge in [0, 0.05) is 24.8 Å². The van der Waals surface area contributed by atoms with E-state index in [0.29, 0.717) is 0 Å². The van der Waals surface area contributed by atoms with Gasteiger partial charge in [-0.1, -0.05) is 27.4 Å². The van der Waals surface area contributed by atoms with Crippen molar-refractivity contribution in [1.82, 2.24) is 9.55 Å². The zero-order valence-electron chi connectivity index (χ0n) is 16.5. The molecule has 2 rings (SSSR count). The van der Waals surface area contributed by atoms with Crippen molar-refractivity contribution in [2.75, 3.05) is 6.61 Å². The molecular weight excluding hydrogens is 368 g/mol. The molecule has 1 aromatic rings. The van der Waals surface area contributed by atoms with Crippen molar-refractivity contribution >= 4 is 14.3 Å². The molecular formula is C18H28N2O6Si. The summed E-state index contributed by atoms with van der Waals surface area (Å²) in [6.07, 6.45) is 0.971. The van der Waals surface area contributed by atoms with Crippen LogP contribution >= 0.6 is 0 Å². The minimum atomic E-state index is -2.03. The number of H-pyrrole nitrogens is 1. The molecule has 0 aromatic carbocycles. The summed E-state index contributed by atoms with van der Waals surface area (Å²) in [6, 6.07) is 1.25.